The standard InChI is InChI=1S/C21H39P.C6H12.C4H8O.C3H8.2C2H6/c1-18(15-16-21(2,3)4)17-22(19-11-7-5-8-12-19)20-13-9-6-10-14-20;1-2-4-6-5-3-1;1-3-4(2)5;1-3-2;2*1-2/h15,19-20H,5-14,16-17H2,1-4H3;1-6H2;3-5H,1H2,2H3;3H2,1-2H3;2*1-2H3/p+1/b18-15+;;;;;. The summed E-state index contributed by atoms with van der Waals surface area (Å²) >= 11 is 0. The summed E-state index contributed by atoms with van der Waals surface area (Å²) in [5, 5.41) is 8.24. The van der Waals surface area contributed by atoms with Crippen molar-refractivity contribution >= 4 is 7.92 Å². The lowest BCUT2D eigenvalue weighted by Crippen LogP contribution is -2.22. The van der Waals surface area contributed by atoms with E-state index in [2.05, 4.69) is 54.2 Å². The third-order valence-electron chi connectivity index (χ3n) is 7.65. The van der Waals surface area contributed by atoms with Crippen LogP contribution in [0, 0.1) is 5.41 Å². The van der Waals surface area contributed by atoms with Gasteiger partial charge in [0.1, 0.15) is 0 Å². The number of hydrogen-bond acceptors (Lipinski definition) is 1. The van der Waals surface area contributed by atoms with E-state index in [9.17, 15) is 0 Å². The lowest BCUT2D eigenvalue weighted by atomic mass is 9.91. The largest absolute Gasteiger partial charge is 0.389 e. The van der Waals surface area contributed by atoms with E-state index in [-0.39, 0.29) is 14.0 Å². The van der Waals surface area contributed by atoms with Gasteiger partial charge < -0.3 is 5.11 Å². The molecule has 0 amide bonds. The molecule has 3 fully saturated rings. The van der Waals surface area contributed by atoms with E-state index >= 15 is 0 Å². The van der Waals surface area contributed by atoms with Crippen LogP contribution in [0.5, 0.6) is 0 Å². The number of hydrogen-bond donors (Lipinski definition) is 1. The first-order valence-corrected chi connectivity index (χ1v) is 19.8. The Morgan fingerprint density at radius 3 is 1.27 bits per heavy atom. The van der Waals surface area contributed by atoms with Gasteiger partial charge in [-0.25, -0.2) is 0 Å². The van der Waals surface area contributed by atoms with E-state index in [1.807, 2.05) is 27.7 Å². The van der Waals surface area contributed by atoms with Crippen LogP contribution < -0.4 is 0 Å². The predicted molar refractivity (Wildman–Crippen MR) is 193 cm³/mol. The highest BCUT2D eigenvalue weighted by atomic mass is 31.1. The fourth-order valence-electron chi connectivity index (χ4n) is 5.50. The van der Waals surface area contributed by atoms with Crippen molar-refractivity contribution < 1.29 is 5.11 Å². The molecule has 0 radical (unpaired) electrons. The van der Waals surface area contributed by atoms with Crippen LogP contribution >= 0.6 is 7.92 Å². The summed E-state index contributed by atoms with van der Waals surface area (Å²) in [6.45, 7) is 26.8. The smallest absolute Gasteiger partial charge is 0.0783 e. The van der Waals surface area contributed by atoms with Crippen molar-refractivity contribution in [1.82, 2.24) is 0 Å². The zero-order valence-corrected chi connectivity index (χ0v) is 31.0. The first-order chi connectivity index (χ1) is 19.1. The zero-order chi connectivity index (χ0) is 31.2. The first-order valence-electron chi connectivity index (χ1n) is 18.0. The monoisotopic (exact) mass is 584 g/mol. The third-order valence-corrected chi connectivity index (χ3v) is 11.9. The van der Waals surface area contributed by atoms with E-state index in [0.717, 1.165) is 11.3 Å². The Morgan fingerprint density at radius 1 is 0.750 bits per heavy atom. The maximum Gasteiger partial charge on any atom is 0.0783 e. The summed E-state index contributed by atoms with van der Waals surface area (Å²) in [6, 6.07) is 0. The van der Waals surface area contributed by atoms with Crippen molar-refractivity contribution in [3.8, 4) is 0 Å². The second kappa shape index (κ2) is 31.8. The molecule has 0 saturated heterocycles. The summed E-state index contributed by atoms with van der Waals surface area (Å²) in [6.07, 6.45) is 32.1. The quantitative estimate of drug-likeness (QED) is 0.243. The van der Waals surface area contributed by atoms with Gasteiger partial charge in [0, 0.05) is 7.92 Å². The van der Waals surface area contributed by atoms with E-state index in [1.54, 1.807) is 38.2 Å². The maximum absolute atomic E-state index is 8.24. The molecule has 40 heavy (non-hydrogen) atoms. The lowest BCUT2D eigenvalue weighted by molar-refractivity contribution is 0.244. The molecule has 0 aromatic rings. The molecule has 0 spiro atoms. The molecule has 3 aliphatic rings. The Labute approximate surface area is 257 Å². The van der Waals surface area contributed by atoms with Crippen molar-refractivity contribution in [2.45, 2.75) is 209 Å². The highest BCUT2D eigenvalue weighted by Gasteiger charge is 2.37. The minimum atomic E-state index is -0.352. The summed E-state index contributed by atoms with van der Waals surface area (Å²) in [4.78, 5) is 0. The molecule has 3 aliphatic carbocycles. The second-order valence-electron chi connectivity index (χ2n) is 13.0. The number of rotatable bonds is 6. The van der Waals surface area contributed by atoms with Gasteiger partial charge in [-0.1, -0.05) is 132 Å². The van der Waals surface area contributed by atoms with Gasteiger partial charge in [-0.15, -0.1) is 6.58 Å². The molecule has 2 heteroatoms. The summed E-state index contributed by atoms with van der Waals surface area (Å²) in [7, 11) is -0.180. The van der Waals surface area contributed by atoms with Crippen molar-refractivity contribution in [1.29, 1.82) is 0 Å². The van der Waals surface area contributed by atoms with Crippen molar-refractivity contribution in [2.75, 3.05) is 6.16 Å². The molecular formula is C38H80OP+. The molecule has 1 nitrogen and oxygen atoms in total. The summed E-state index contributed by atoms with van der Waals surface area (Å²) in [5.41, 5.74) is 4.45. The van der Waals surface area contributed by atoms with Crippen LogP contribution in [0.2, 0.25) is 0 Å². The Morgan fingerprint density at radius 2 is 1.02 bits per heavy atom. The van der Waals surface area contributed by atoms with Gasteiger partial charge in [-0.2, -0.15) is 0 Å². The molecule has 0 bridgehead atoms. The van der Waals surface area contributed by atoms with Crippen LogP contribution in [-0.4, -0.2) is 28.7 Å². The molecule has 0 aromatic carbocycles. The van der Waals surface area contributed by atoms with Gasteiger partial charge in [0.25, 0.3) is 0 Å². The maximum atomic E-state index is 8.24. The number of aliphatic hydroxyl groups excluding tert-OH is 1. The van der Waals surface area contributed by atoms with Gasteiger partial charge in [-0.05, 0) is 82.6 Å². The molecule has 1 unspecified atom stereocenters. The number of allylic oxidation sites excluding steroid dienone is 2. The van der Waals surface area contributed by atoms with Crippen molar-refractivity contribution in [2.24, 2.45) is 5.41 Å². The second-order valence-corrected chi connectivity index (χ2v) is 16.2. The van der Waals surface area contributed by atoms with Gasteiger partial charge in [-0.3, -0.25) is 0 Å². The summed E-state index contributed by atoms with van der Waals surface area (Å²) < 4.78 is 0. The lowest BCUT2D eigenvalue weighted by Gasteiger charge is -2.32. The Kier molecular flexibility index (Phi) is 35.2. The molecule has 3 saturated carbocycles. The predicted octanol–water partition coefficient (Wildman–Crippen LogP) is 13.6. The van der Waals surface area contributed by atoms with Gasteiger partial charge in [0.05, 0.1) is 23.6 Å². The highest BCUT2D eigenvalue weighted by molar-refractivity contribution is 7.59. The molecule has 0 heterocycles. The van der Waals surface area contributed by atoms with Crippen LogP contribution in [0.3, 0.4) is 0 Å². The molecule has 0 aliphatic heterocycles. The van der Waals surface area contributed by atoms with Crippen LogP contribution in [0.25, 0.3) is 0 Å². The molecule has 3 rings (SSSR count). The van der Waals surface area contributed by atoms with Crippen LogP contribution in [0.4, 0.5) is 0 Å². The fourth-order valence-corrected chi connectivity index (χ4v) is 9.84. The Balaban J connectivity index is -0.000000620. The molecule has 1 N–H and O–H groups in total. The van der Waals surface area contributed by atoms with Crippen LogP contribution in [0.1, 0.15) is 192 Å². The number of aliphatic hydroxyl groups is 1. The molecule has 242 valence electrons. The SMILES string of the molecule is C/C(=C\CC(C)(C)C)C[PH+](C1CCCCC1)C1CCCCC1.C1CCCCC1.C=CC(C)O.CC.CC.CCC. The zero-order valence-electron chi connectivity index (χ0n) is 30.0. The highest BCUT2D eigenvalue weighted by Crippen LogP contribution is 2.56. The minimum absolute atomic E-state index is 0.180. The van der Waals surface area contributed by atoms with Crippen LogP contribution in [0.15, 0.2) is 24.3 Å². The topological polar surface area (TPSA) is 20.2 Å². The van der Waals surface area contributed by atoms with E-state index in [4.69, 9.17) is 5.11 Å². The van der Waals surface area contributed by atoms with Crippen LogP contribution in [-0.2, 0) is 0 Å². The molecule has 1 atom stereocenters. The van der Waals surface area contributed by atoms with Crippen molar-refractivity contribution in [3.63, 3.8) is 0 Å². The first kappa shape index (κ1) is 44.3. The van der Waals surface area contributed by atoms with E-state index < -0.39 is 0 Å². The normalized spacial score (nSPS) is 18.9. The van der Waals surface area contributed by atoms with E-state index in [1.165, 1.54) is 102 Å². The summed E-state index contributed by atoms with van der Waals surface area (Å²) in [5.74, 6) is 0. The van der Waals surface area contributed by atoms with E-state index in [0.29, 0.717) is 5.41 Å². The fraction of sp³-hybridized carbons (Fsp3) is 0.895. The average Bonchev–Trinajstić information content (AvgIpc) is 2.99. The third kappa shape index (κ3) is 29.4. The molecule has 0 aromatic heterocycles. The van der Waals surface area contributed by atoms with Gasteiger partial charge in [0.15, 0.2) is 0 Å². The molecular weight excluding hydrogens is 503 g/mol. The Hall–Kier alpha value is -0.130. The average molecular weight is 584 g/mol. The van der Waals surface area contributed by atoms with Gasteiger partial charge >= 0.3 is 0 Å². The van der Waals surface area contributed by atoms with Crippen molar-refractivity contribution in [3.05, 3.63) is 24.3 Å². The van der Waals surface area contributed by atoms with Gasteiger partial charge in [0.2, 0.25) is 0 Å². The Bertz CT molecular complexity index is 485. The minimum Gasteiger partial charge on any atom is -0.389 e.